The summed E-state index contributed by atoms with van der Waals surface area (Å²) in [4.78, 5) is 28.9. The van der Waals surface area contributed by atoms with Crippen LogP contribution in [-0.4, -0.2) is 39.5 Å². The minimum Gasteiger partial charge on any atom is -0.481 e. The zero-order valence-corrected chi connectivity index (χ0v) is 11.5. The summed E-state index contributed by atoms with van der Waals surface area (Å²) >= 11 is 1.13. The Kier molecular flexibility index (Phi) is 4.66. The van der Waals surface area contributed by atoms with E-state index in [9.17, 15) is 9.59 Å². The molecular formula is C11H17N3O3S. The van der Waals surface area contributed by atoms with E-state index in [1.54, 1.807) is 6.92 Å². The molecule has 3 N–H and O–H groups in total. The first-order valence-electron chi connectivity index (χ1n) is 5.58. The molecule has 100 valence electrons. The number of carbonyl (C=O) groups excluding carboxylic acids is 1. The van der Waals surface area contributed by atoms with Crippen LogP contribution in [0.25, 0.3) is 0 Å². The number of anilines is 1. The van der Waals surface area contributed by atoms with Crippen LogP contribution in [0.15, 0.2) is 0 Å². The zero-order chi connectivity index (χ0) is 13.9. The van der Waals surface area contributed by atoms with Crippen molar-refractivity contribution in [1.82, 2.24) is 9.88 Å². The number of carbonyl (C=O) groups is 2. The van der Waals surface area contributed by atoms with Gasteiger partial charge in [-0.1, -0.05) is 11.3 Å². The Bertz CT molecular complexity index is 456. The molecule has 1 rings (SSSR count). The van der Waals surface area contributed by atoms with Gasteiger partial charge in [0, 0.05) is 12.6 Å². The van der Waals surface area contributed by atoms with Gasteiger partial charge in [0.1, 0.15) is 4.88 Å². The molecule has 0 spiro atoms. The van der Waals surface area contributed by atoms with Gasteiger partial charge in [-0.15, -0.1) is 0 Å². The van der Waals surface area contributed by atoms with Gasteiger partial charge in [-0.05, 0) is 20.8 Å². The van der Waals surface area contributed by atoms with E-state index in [1.807, 2.05) is 13.8 Å². The van der Waals surface area contributed by atoms with E-state index < -0.39 is 5.97 Å². The molecule has 1 aromatic heterocycles. The average molecular weight is 271 g/mol. The SMILES string of the molecule is Cc1nc(N)sc1C(=O)N(CCC(=O)O)C(C)C. The van der Waals surface area contributed by atoms with Crippen molar-refractivity contribution in [2.24, 2.45) is 0 Å². The summed E-state index contributed by atoms with van der Waals surface area (Å²) in [5, 5.41) is 9.03. The summed E-state index contributed by atoms with van der Waals surface area (Å²) in [6, 6.07) is -0.0698. The van der Waals surface area contributed by atoms with E-state index in [0.29, 0.717) is 15.7 Å². The molecule has 0 unspecified atom stereocenters. The summed E-state index contributed by atoms with van der Waals surface area (Å²) in [6.45, 7) is 5.60. The van der Waals surface area contributed by atoms with Gasteiger partial charge in [0.2, 0.25) is 0 Å². The Morgan fingerprint density at radius 2 is 2.11 bits per heavy atom. The molecule has 0 saturated carbocycles. The van der Waals surface area contributed by atoms with Crippen LogP contribution in [0.1, 0.15) is 35.6 Å². The van der Waals surface area contributed by atoms with E-state index in [0.717, 1.165) is 11.3 Å². The number of aryl methyl sites for hydroxylation is 1. The van der Waals surface area contributed by atoms with Crippen molar-refractivity contribution in [3.8, 4) is 0 Å². The number of carboxylic acid groups (broad SMARTS) is 1. The van der Waals surface area contributed by atoms with E-state index >= 15 is 0 Å². The topological polar surface area (TPSA) is 96.5 Å². The van der Waals surface area contributed by atoms with Crippen LogP contribution in [-0.2, 0) is 4.79 Å². The summed E-state index contributed by atoms with van der Waals surface area (Å²) in [5.74, 6) is -1.13. The van der Waals surface area contributed by atoms with Gasteiger partial charge in [-0.2, -0.15) is 0 Å². The van der Waals surface area contributed by atoms with Crippen molar-refractivity contribution >= 4 is 28.3 Å². The van der Waals surface area contributed by atoms with Crippen LogP contribution in [0.4, 0.5) is 5.13 Å². The fraction of sp³-hybridized carbons (Fsp3) is 0.545. The smallest absolute Gasteiger partial charge is 0.305 e. The Labute approximate surface area is 109 Å². The second kappa shape index (κ2) is 5.81. The van der Waals surface area contributed by atoms with Crippen LogP contribution in [0.5, 0.6) is 0 Å². The van der Waals surface area contributed by atoms with Gasteiger partial charge >= 0.3 is 5.97 Å². The number of aliphatic carboxylic acids is 1. The number of nitrogen functional groups attached to an aromatic ring is 1. The number of carboxylic acids is 1. The number of hydrogen-bond donors (Lipinski definition) is 2. The number of aromatic nitrogens is 1. The molecule has 1 aromatic rings. The molecule has 7 heteroatoms. The van der Waals surface area contributed by atoms with Gasteiger partial charge < -0.3 is 15.7 Å². The first-order chi connectivity index (χ1) is 8.32. The van der Waals surface area contributed by atoms with Crippen LogP contribution in [0, 0.1) is 6.92 Å². The van der Waals surface area contributed by atoms with Crippen molar-refractivity contribution in [3.05, 3.63) is 10.6 Å². The van der Waals surface area contributed by atoms with Crippen LogP contribution < -0.4 is 5.73 Å². The monoisotopic (exact) mass is 271 g/mol. The van der Waals surface area contributed by atoms with Crippen molar-refractivity contribution in [1.29, 1.82) is 0 Å². The van der Waals surface area contributed by atoms with E-state index in [4.69, 9.17) is 10.8 Å². The second-order valence-electron chi connectivity index (χ2n) is 4.20. The minimum atomic E-state index is -0.922. The number of thiazole rings is 1. The van der Waals surface area contributed by atoms with E-state index in [1.165, 1.54) is 4.90 Å². The Morgan fingerprint density at radius 3 is 2.50 bits per heavy atom. The lowest BCUT2D eigenvalue weighted by molar-refractivity contribution is -0.137. The molecule has 0 bridgehead atoms. The average Bonchev–Trinajstić information content (AvgIpc) is 2.56. The minimum absolute atomic E-state index is 0.0698. The van der Waals surface area contributed by atoms with Crippen molar-refractivity contribution in [2.45, 2.75) is 33.2 Å². The maximum Gasteiger partial charge on any atom is 0.305 e. The first-order valence-corrected chi connectivity index (χ1v) is 6.40. The van der Waals surface area contributed by atoms with Crippen molar-refractivity contribution < 1.29 is 14.7 Å². The fourth-order valence-electron chi connectivity index (χ4n) is 1.56. The molecular weight excluding hydrogens is 254 g/mol. The van der Waals surface area contributed by atoms with Gasteiger partial charge in [0.15, 0.2) is 5.13 Å². The number of amides is 1. The molecule has 0 saturated heterocycles. The Morgan fingerprint density at radius 1 is 1.50 bits per heavy atom. The highest BCUT2D eigenvalue weighted by molar-refractivity contribution is 7.17. The third kappa shape index (κ3) is 3.43. The standard InChI is InChI=1S/C11H17N3O3S/c1-6(2)14(5-4-8(15)16)10(17)9-7(3)13-11(12)18-9/h6H,4-5H2,1-3H3,(H2,12,13)(H,15,16). The molecule has 18 heavy (non-hydrogen) atoms. The lowest BCUT2D eigenvalue weighted by Gasteiger charge is -2.25. The zero-order valence-electron chi connectivity index (χ0n) is 10.6. The molecule has 1 amide bonds. The summed E-state index contributed by atoms with van der Waals surface area (Å²) in [5.41, 5.74) is 6.14. The van der Waals surface area contributed by atoms with Crippen LogP contribution >= 0.6 is 11.3 Å². The molecule has 0 aromatic carbocycles. The lowest BCUT2D eigenvalue weighted by atomic mass is 10.2. The molecule has 0 fully saturated rings. The first kappa shape index (κ1) is 14.4. The largest absolute Gasteiger partial charge is 0.481 e. The predicted molar refractivity (Wildman–Crippen MR) is 69.7 cm³/mol. The highest BCUT2D eigenvalue weighted by Gasteiger charge is 2.23. The number of nitrogens with two attached hydrogens (primary N) is 1. The third-order valence-corrected chi connectivity index (χ3v) is 3.43. The number of hydrogen-bond acceptors (Lipinski definition) is 5. The summed E-state index contributed by atoms with van der Waals surface area (Å²) in [7, 11) is 0. The molecule has 0 radical (unpaired) electrons. The molecule has 0 aliphatic carbocycles. The van der Waals surface area contributed by atoms with Gasteiger partial charge in [0.05, 0.1) is 12.1 Å². The maximum atomic E-state index is 12.3. The van der Waals surface area contributed by atoms with E-state index in [-0.39, 0.29) is 24.9 Å². The molecule has 0 aliphatic heterocycles. The Hall–Kier alpha value is -1.63. The number of rotatable bonds is 5. The normalized spacial score (nSPS) is 10.7. The van der Waals surface area contributed by atoms with Gasteiger partial charge in [-0.25, -0.2) is 4.98 Å². The maximum absolute atomic E-state index is 12.3. The molecule has 1 heterocycles. The highest BCUT2D eigenvalue weighted by atomic mass is 32.1. The molecule has 0 atom stereocenters. The van der Waals surface area contributed by atoms with E-state index in [2.05, 4.69) is 4.98 Å². The molecule has 6 nitrogen and oxygen atoms in total. The van der Waals surface area contributed by atoms with Gasteiger partial charge in [0.25, 0.3) is 5.91 Å². The van der Waals surface area contributed by atoms with Crippen molar-refractivity contribution in [2.75, 3.05) is 12.3 Å². The quantitative estimate of drug-likeness (QED) is 0.842. The molecule has 0 aliphatic rings. The second-order valence-corrected chi connectivity index (χ2v) is 5.23. The van der Waals surface area contributed by atoms with Crippen LogP contribution in [0.3, 0.4) is 0 Å². The van der Waals surface area contributed by atoms with Gasteiger partial charge in [-0.3, -0.25) is 9.59 Å². The lowest BCUT2D eigenvalue weighted by Crippen LogP contribution is -2.38. The van der Waals surface area contributed by atoms with Crippen LogP contribution in [0.2, 0.25) is 0 Å². The summed E-state index contributed by atoms with van der Waals surface area (Å²) in [6.07, 6.45) is -0.0722. The summed E-state index contributed by atoms with van der Waals surface area (Å²) < 4.78 is 0. The highest BCUT2D eigenvalue weighted by Crippen LogP contribution is 2.22. The predicted octanol–water partition coefficient (Wildman–Crippen LogP) is 1.36. The fourth-order valence-corrected chi connectivity index (χ4v) is 2.35. The number of nitrogens with zero attached hydrogens (tertiary/aromatic N) is 2. The Balaban J connectivity index is 2.89. The third-order valence-electron chi connectivity index (χ3n) is 2.46. The van der Waals surface area contributed by atoms with Crippen molar-refractivity contribution in [3.63, 3.8) is 0 Å².